The Bertz CT molecular complexity index is 181. The summed E-state index contributed by atoms with van der Waals surface area (Å²) in [6, 6.07) is 0. The van der Waals surface area contributed by atoms with Crippen LogP contribution in [0.5, 0.6) is 0 Å². The van der Waals surface area contributed by atoms with E-state index >= 15 is 0 Å². The Morgan fingerprint density at radius 3 is 2.60 bits per heavy atom. The van der Waals surface area contributed by atoms with Crippen molar-refractivity contribution in [2.45, 2.75) is 33.6 Å². The number of ether oxygens (including phenoxy) is 1. The van der Waals surface area contributed by atoms with Crippen LogP contribution in [0.4, 0.5) is 0 Å². The number of nitrogens with one attached hydrogen (secondary N) is 1. The molecule has 0 amide bonds. The van der Waals surface area contributed by atoms with Crippen LogP contribution in [0.2, 0.25) is 0 Å². The summed E-state index contributed by atoms with van der Waals surface area (Å²) in [7, 11) is 0. The molecule has 90 valence electrons. The maximum atomic E-state index is 10.8. The molecule has 4 nitrogen and oxygen atoms in total. The second-order valence-electron chi connectivity index (χ2n) is 4.33. The lowest BCUT2D eigenvalue weighted by molar-refractivity contribution is -0.146. The molecule has 0 spiro atoms. The zero-order chi connectivity index (χ0) is 11.7. The first kappa shape index (κ1) is 14.4. The monoisotopic (exact) mass is 217 g/mol. The Morgan fingerprint density at radius 2 is 2.07 bits per heavy atom. The van der Waals surface area contributed by atoms with E-state index in [2.05, 4.69) is 12.2 Å². The number of carboxylic acid groups (broad SMARTS) is 1. The SMILES string of the molecule is CCCOCCCNCC(C)(C)C(=O)O. The molecule has 0 aromatic rings. The molecule has 0 radical (unpaired) electrons. The van der Waals surface area contributed by atoms with Gasteiger partial charge in [-0.25, -0.2) is 0 Å². The van der Waals surface area contributed by atoms with Crippen LogP contribution < -0.4 is 5.32 Å². The third kappa shape index (κ3) is 7.33. The summed E-state index contributed by atoms with van der Waals surface area (Å²) >= 11 is 0. The first-order valence-corrected chi connectivity index (χ1v) is 5.52. The molecule has 0 bridgehead atoms. The van der Waals surface area contributed by atoms with Crippen molar-refractivity contribution in [2.24, 2.45) is 5.41 Å². The summed E-state index contributed by atoms with van der Waals surface area (Å²) in [5.41, 5.74) is -0.690. The van der Waals surface area contributed by atoms with Crippen molar-refractivity contribution in [3.8, 4) is 0 Å². The molecule has 0 rings (SSSR count). The quantitative estimate of drug-likeness (QED) is 0.575. The Balaban J connectivity index is 3.35. The van der Waals surface area contributed by atoms with E-state index in [1.54, 1.807) is 13.8 Å². The first-order chi connectivity index (χ1) is 7.00. The number of carbonyl (C=O) groups is 1. The lowest BCUT2D eigenvalue weighted by Crippen LogP contribution is -2.36. The highest BCUT2D eigenvalue weighted by atomic mass is 16.5. The van der Waals surface area contributed by atoms with Gasteiger partial charge in [-0.15, -0.1) is 0 Å². The molecule has 4 heteroatoms. The van der Waals surface area contributed by atoms with Crippen LogP contribution in [-0.4, -0.2) is 37.4 Å². The van der Waals surface area contributed by atoms with Crippen LogP contribution in [0, 0.1) is 5.41 Å². The highest BCUT2D eigenvalue weighted by molar-refractivity contribution is 5.73. The molecule has 0 atom stereocenters. The zero-order valence-electron chi connectivity index (χ0n) is 10.0. The third-order valence-electron chi connectivity index (χ3n) is 2.14. The Kier molecular flexibility index (Phi) is 7.34. The van der Waals surface area contributed by atoms with Crippen molar-refractivity contribution in [1.29, 1.82) is 0 Å². The zero-order valence-corrected chi connectivity index (χ0v) is 10.0. The second-order valence-corrected chi connectivity index (χ2v) is 4.33. The van der Waals surface area contributed by atoms with Crippen LogP contribution in [-0.2, 0) is 9.53 Å². The number of hydrogen-bond acceptors (Lipinski definition) is 3. The molecule has 2 N–H and O–H groups in total. The first-order valence-electron chi connectivity index (χ1n) is 5.52. The molecule has 0 aromatic heterocycles. The van der Waals surface area contributed by atoms with Crippen LogP contribution in [0.1, 0.15) is 33.6 Å². The molecule has 0 aliphatic heterocycles. The predicted molar refractivity (Wildman–Crippen MR) is 60.0 cm³/mol. The van der Waals surface area contributed by atoms with Gasteiger partial charge < -0.3 is 15.2 Å². The topological polar surface area (TPSA) is 58.6 Å². The standard InChI is InChI=1S/C11H23NO3/c1-4-7-15-8-5-6-12-9-11(2,3)10(13)14/h12H,4-9H2,1-3H3,(H,13,14). The molecule has 0 saturated carbocycles. The number of hydrogen-bond donors (Lipinski definition) is 2. The van der Waals surface area contributed by atoms with Gasteiger partial charge in [-0.3, -0.25) is 4.79 Å². The van der Waals surface area contributed by atoms with E-state index in [4.69, 9.17) is 9.84 Å². The van der Waals surface area contributed by atoms with Crippen LogP contribution in [0.3, 0.4) is 0 Å². The molecule has 0 saturated heterocycles. The van der Waals surface area contributed by atoms with Crippen LogP contribution >= 0.6 is 0 Å². The molecule has 0 fully saturated rings. The predicted octanol–water partition coefficient (Wildman–Crippen LogP) is 1.50. The normalized spacial score (nSPS) is 11.7. The second kappa shape index (κ2) is 7.65. The van der Waals surface area contributed by atoms with Gasteiger partial charge in [0.05, 0.1) is 5.41 Å². The summed E-state index contributed by atoms with van der Waals surface area (Å²) in [4.78, 5) is 10.8. The van der Waals surface area contributed by atoms with E-state index in [-0.39, 0.29) is 0 Å². The Hall–Kier alpha value is -0.610. The minimum atomic E-state index is -0.766. The van der Waals surface area contributed by atoms with Gasteiger partial charge in [0.15, 0.2) is 0 Å². The fourth-order valence-electron chi connectivity index (χ4n) is 1.02. The van der Waals surface area contributed by atoms with Gasteiger partial charge in [-0.1, -0.05) is 6.92 Å². The van der Waals surface area contributed by atoms with E-state index in [0.29, 0.717) is 6.54 Å². The molecular formula is C11H23NO3. The van der Waals surface area contributed by atoms with Gasteiger partial charge in [-0.2, -0.15) is 0 Å². The molecule has 0 aromatic carbocycles. The van der Waals surface area contributed by atoms with Gasteiger partial charge in [0, 0.05) is 19.8 Å². The van der Waals surface area contributed by atoms with E-state index in [0.717, 1.165) is 32.6 Å². The summed E-state index contributed by atoms with van der Waals surface area (Å²) in [5, 5.41) is 12.0. The van der Waals surface area contributed by atoms with E-state index in [9.17, 15) is 4.79 Å². The van der Waals surface area contributed by atoms with E-state index < -0.39 is 11.4 Å². The van der Waals surface area contributed by atoms with Gasteiger partial charge >= 0.3 is 5.97 Å². The van der Waals surface area contributed by atoms with E-state index in [1.165, 1.54) is 0 Å². The largest absolute Gasteiger partial charge is 0.481 e. The lowest BCUT2D eigenvalue weighted by Gasteiger charge is -2.19. The summed E-state index contributed by atoms with van der Waals surface area (Å²) in [6.07, 6.45) is 1.97. The van der Waals surface area contributed by atoms with Gasteiger partial charge in [0.1, 0.15) is 0 Å². The molecule has 0 aliphatic rings. The van der Waals surface area contributed by atoms with Crippen molar-refractivity contribution < 1.29 is 14.6 Å². The van der Waals surface area contributed by atoms with Crippen molar-refractivity contribution >= 4 is 5.97 Å². The van der Waals surface area contributed by atoms with Gasteiger partial charge in [0.25, 0.3) is 0 Å². The molecule has 0 heterocycles. The van der Waals surface area contributed by atoms with Gasteiger partial charge in [-0.05, 0) is 33.2 Å². The van der Waals surface area contributed by atoms with Gasteiger partial charge in [0.2, 0.25) is 0 Å². The molecule has 0 unspecified atom stereocenters. The van der Waals surface area contributed by atoms with Crippen molar-refractivity contribution in [3.63, 3.8) is 0 Å². The van der Waals surface area contributed by atoms with Crippen LogP contribution in [0.15, 0.2) is 0 Å². The minimum absolute atomic E-state index is 0.496. The number of carboxylic acids is 1. The number of rotatable bonds is 9. The van der Waals surface area contributed by atoms with Crippen molar-refractivity contribution in [2.75, 3.05) is 26.3 Å². The number of aliphatic carboxylic acids is 1. The lowest BCUT2D eigenvalue weighted by atomic mass is 9.94. The minimum Gasteiger partial charge on any atom is -0.481 e. The molecular weight excluding hydrogens is 194 g/mol. The smallest absolute Gasteiger partial charge is 0.310 e. The fraction of sp³-hybridized carbons (Fsp3) is 0.909. The average molecular weight is 217 g/mol. The fourth-order valence-corrected chi connectivity index (χ4v) is 1.02. The van der Waals surface area contributed by atoms with Crippen molar-refractivity contribution in [3.05, 3.63) is 0 Å². The third-order valence-corrected chi connectivity index (χ3v) is 2.14. The highest BCUT2D eigenvalue weighted by Gasteiger charge is 2.25. The molecule has 0 aliphatic carbocycles. The summed E-state index contributed by atoms with van der Waals surface area (Å²) in [5.74, 6) is -0.766. The van der Waals surface area contributed by atoms with Crippen molar-refractivity contribution in [1.82, 2.24) is 5.32 Å². The van der Waals surface area contributed by atoms with Crippen LogP contribution in [0.25, 0.3) is 0 Å². The summed E-state index contributed by atoms with van der Waals surface area (Å²) in [6.45, 7) is 8.37. The van der Waals surface area contributed by atoms with E-state index in [1.807, 2.05) is 0 Å². The average Bonchev–Trinajstić information content (AvgIpc) is 2.16. The Labute approximate surface area is 92.0 Å². The maximum absolute atomic E-state index is 10.8. The summed E-state index contributed by atoms with van der Waals surface area (Å²) < 4.78 is 5.31. The Morgan fingerprint density at radius 1 is 1.40 bits per heavy atom. The maximum Gasteiger partial charge on any atom is 0.310 e. The highest BCUT2D eigenvalue weighted by Crippen LogP contribution is 2.12. The molecule has 15 heavy (non-hydrogen) atoms.